The number of nitrogens with one attached hydrogen (secondary N) is 2. The molecule has 0 saturated carbocycles. The van der Waals surface area contributed by atoms with E-state index in [1.54, 1.807) is 18.2 Å². The van der Waals surface area contributed by atoms with Gasteiger partial charge in [-0.2, -0.15) is 0 Å². The maximum atomic E-state index is 10.5. The highest BCUT2D eigenvalue weighted by Gasteiger charge is 2.19. The van der Waals surface area contributed by atoms with Gasteiger partial charge in [0, 0.05) is 11.6 Å². The number of rotatable bonds is 7. The van der Waals surface area contributed by atoms with Gasteiger partial charge in [0.15, 0.2) is 11.5 Å². The van der Waals surface area contributed by atoms with Gasteiger partial charge in [0.2, 0.25) is 6.79 Å². The van der Waals surface area contributed by atoms with E-state index in [-0.39, 0.29) is 12.8 Å². The number of aliphatic hydroxyl groups is 1. The van der Waals surface area contributed by atoms with Crippen LogP contribution in [0.2, 0.25) is 10.0 Å². The Morgan fingerprint density at radius 1 is 1.12 bits per heavy atom. The molecule has 2 aromatic rings. The van der Waals surface area contributed by atoms with Gasteiger partial charge >= 0.3 is 0 Å². The van der Waals surface area contributed by atoms with Crippen molar-refractivity contribution in [3.05, 3.63) is 52.0 Å². The van der Waals surface area contributed by atoms with Gasteiger partial charge in [0.05, 0.1) is 16.8 Å². The number of anilines is 1. The Bertz CT molecular complexity index is 742. The van der Waals surface area contributed by atoms with Crippen molar-refractivity contribution >= 4 is 28.9 Å². The van der Waals surface area contributed by atoms with Crippen LogP contribution in [0.25, 0.3) is 0 Å². The van der Waals surface area contributed by atoms with E-state index in [1.165, 1.54) is 0 Å². The van der Waals surface area contributed by atoms with Gasteiger partial charge < -0.3 is 19.9 Å². The van der Waals surface area contributed by atoms with Gasteiger partial charge in [-0.1, -0.05) is 36.2 Å². The Labute approximate surface area is 156 Å². The van der Waals surface area contributed by atoms with Gasteiger partial charge in [0.25, 0.3) is 0 Å². The highest BCUT2D eigenvalue weighted by atomic mass is 35.5. The lowest BCUT2D eigenvalue weighted by atomic mass is 10.1. The van der Waals surface area contributed by atoms with Crippen molar-refractivity contribution in [1.29, 1.82) is 0 Å². The first-order chi connectivity index (χ1) is 12.1. The topological polar surface area (TPSA) is 62.8 Å². The number of ether oxygens (including phenoxy) is 2. The van der Waals surface area contributed by atoms with Crippen LogP contribution in [-0.4, -0.2) is 24.2 Å². The highest BCUT2D eigenvalue weighted by Crippen LogP contribution is 2.32. The van der Waals surface area contributed by atoms with Crippen LogP contribution in [-0.2, 0) is 6.54 Å². The van der Waals surface area contributed by atoms with Crippen LogP contribution in [0.15, 0.2) is 36.4 Å². The second-order valence-electron chi connectivity index (χ2n) is 5.80. The van der Waals surface area contributed by atoms with E-state index in [0.29, 0.717) is 23.0 Å². The Hall–Kier alpha value is -1.66. The zero-order valence-electron chi connectivity index (χ0n) is 13.8. The molecule has 5 nitrogen and oxygen atoms in total. The first kappa shape index (κ1) is 18.1. The molecular weight excluding hydrogens is 363 g/mol. The lowest BCUT2D eigenvalue weighted by molar-refractivity contribution is 0.112. The Morgan fingerprint density at radius 3 is 2.68 bits per heavy atom. The van der Waals surface area contributed by atoms with E-state index >= 15 is 0 Å². The van der Waals surface area contributed by atoms with Crippen LogP contribution in [0.3, 0.4) is 0 Å². The van der Waals surface area contributed by atoms with E-state index < -0.39 is 6.23 Å². The van der Waals surface area contributed by atoms with Gasteiger partial charge in [-0.05, 0) is 42.3 Å². The highest BCUT2D eigenvalue weighted by molar-refractivity contribution is 6.36. The van der Waals surface area contributed by atoms with Gasteiger partial charge in [-0.25, -0.2) is 0 Å². The van der Waals surface area contributed by atoms with Crippen molar-refractivity contribution in [2.45, 2.75) is 32.2 Å². The van der Waals surface area contributed by atoms with Crippen LogP contribution in [0.1, 0.15) is 18.9 Å². The van der Waals surface area contributed by atoms with Gasteiger partial charge in [-0.3, -0.25) is 5.32 Å². The molecule has 1 heterocycles. The summed E-state index contributed by atoms with van der Waals surface area (Å²) in [7, 11) is 0. The third kappa shape index (κ3) is 4.50. The summed E-state index contributed by atoms with van der Waals surface area (Å²) in [5.41, 5.74) is 1.74. The van der Waals surface area contributed by atoms with Crippen molar-refractivity contribution in [1.82, 2.24) is 5.32 Å². The summed E-state index contributed by atoms with van der Waals surface area (Å²) in [6, 6.07) is 10.8. The van der Waals surface area contributed by atoms with Crippen molar-refractivity contribution in [2.24, 2.45) is 0 Å². The number of halogens is 2. The average molecular weight is 383 g/mol. The molecule has 1 aliphatic rings. The van der Waals surface area contributed by atoms with E-state index in [9.17, 15) is 5.11 Å². The maximum absolute atomic E-state index is 10.5. The molecule has 3 N–H and O–H groups in total. The molecule has 3 rings (SSSR count). The first-order valence-electron chi connectivity index (χ1n) is 8.08. The number of hydrogen-bond acceptors (Lipinski definition) is 5. The fourth-order valence-corrected chi connectivity index (χ4v) is 3.09. The molecule has 2 atom stereocenters. The molecule has 0 radical (unpaired) electrons. The second kappa shape index (κ2) is 8.15. The molecule has 0 amide bonds. The molecule has 2 aromatic carbocycles. The smallest absolute Gasteiger partial charge is 0.231 e. The molecule has 134 valence electrons. The third-order valence-corrected chi connectivity index (χ3v) is 4.59. The Kier molecular flexibility index (Phi) is 5.91. The average Bonchev–Trinajstić information content (AvgIpc) is 3.07. The third-order valence-electron chi connectivity index (χ3n) is 4.05. The number of aliphatic hydroxyl groups excluding tert-OH is 1. The van der Waals surface area contributed by atoms with Crippen LogP contribution in [0.4, 0.5) is 5.69 Å². The van der Waals surface area contributed by atoms with Crippen molar-refractivity contribution in [3.63, 3.8) is 0 Å². The monoisotopic (exact) mass is 382 g/mol. The zero-order chi connectivity index (χ0) is 17.8. The summed E-state index contributed by atoms with van der Waals surface area (Å²) < 4.78 is 10.7. The summed E-state index contributed by atoms with van der Waals surface area (Å²) in [5.74, 6) is 1.47. The zero-order valence-corrected chi connectivity index (χ0v) is 15.3. The quantitative estimate of drug-likeness (QED) is 0.631. The minimum atomic E-state index is -0.748. The van der Waals surface area contributed by atoms with E-state index in [1.807, 2.05) is 25.1 Å². The molecule has 7 heteroatoms. The number of benzene rings is 2. The lowest BCUT2D eigenvalue weighted by Crippen LogP contribution is -2.43. The summed E-state index contributed by atoms with van der Waals surface area (Å²) in [6.45, 7) is 2.75. The molecule has 25 heavy (non-hydrogen) atoms. The van der Waals surface area contributed by atoms with Crippen LogP contribution >= 0.6 is 23.2 Å². The lowest BCUT2D eigenvalue weighted by Gasteiger charge is -2.25. The predicted octanol–water partition coefficient (Wildman–Crippen LogP) is 4.02. The molecule has 0 fully saturated rings. The molecule has 0 spiro atoms. The molecule has 0 aromatic heterocycles. The maximum Gasteiger partial charge on any atom is 0.231 e. The Balaban J connectivity index is 1.59. The molecule has 2 unspecified atom stereocenters. The van der Waals surface area contributed by atoms with Crippen molar-refractivity contribution in [3.8, 4) is 11.5 Å². The van der Waals surface area contributed by atoms with E-state index in [2.05, 4.69) is 10.6 Å². The summed E-state index contributed by atoms with van der Waals surface area (Å²) in [6.07, 6.45) is -0.0315. The first-order valence-corrected chi connectivity index (χ1v) is 8.84. The fraction of sp³-hybridized carbons (Fsp3) is 0.333. The predicted molar refractivity (Wildman–Crippen MR) is 99.6 cm³/mol. The minimum absolute atomic E-state index is 0.201. The molecule has 1 aliphatic heterocycles. The van der Waals surface area contributed by atoms with Crippen LogP contribution < -0.4 is 20.1 Å². The normalized spacial score (nSPS) is 15.0. The van der Waals surface area contributed by atoms with Crippen LogP contribution in [0, 0.1) is 0 Å². The summed E-state index contributed by atoms with van der Waals surface area (Å²) >= 11 is 12.1. The number of fused-ring (bicyclic) bond motifs is 1. The van der Waals surface area contributed by atoms with E-state index in [4.69, 9.17) is 32.7 Å². The molecular formula is C18H20Cl2N2O3. The van der Waals surface area contributed by atoms with Crippen LogP contribution in [0.5, 0.6) is 11.5 Å². The summed E-state index contributed by atoms with van der Waals surface area (Å²) in [4.78, 5) is 0. The standard InChI is InChI=1S/C18H20Cl2N2O3/c1-2-14(22-15-5-4-12(19)8-13(15)20)18(23)21-9-11-3-6-16-17(7-11)25-10-24-16/h3-8,14,18,21-23H,2,9-10H2,1H3. The van der Waals surface area contributed by atoms with Gasteiger partial charge in [-0.15, -0.1) is 0 Å². The largest absolute Gasteiger partial charge is 0.454 e. The second-order valence-corrected chi connectivity index (χ2v) is 6.64. The van der Waals surface area contributed by atoms with E-state index in [0.717, 1.165) is 22.7 Å². The van der Waals surface area contributed by atoms with Crippen molar-refractivity contribution in [2.75, 3.05) is 12.1 Å². The number of hydrogen-bond donors (Lipinski definition) is 3. The van der Waals surface area contributed by atoms with Gasteiger partial charge in [0.1, 0.15) is 6.23 Å². The fourth-order valence-electron chi connectivity index (χ4n) is 2.63. The molecule has 0 bridgehead atoms. The molecule has 0 saturated heterocycles. The SMILES string of the molecule is CCC(Nc1ccc(Cl)cc1Cl)C(O)NCc1ccc2c(c1)OCO2. The molecule has 0 aliphatic carbocycles. The van der Waals surface area contributed by atoms with Crippen molar-refractivity contribution < 1.29 is 14.6 Å². The minimum Gasteiger partial charge on any atom is -0.454 e. The summed E-state index contributed by atoms with van der Waals surface area (Å²) in [5, 5.41) is 17.9. The Morgan fingerprint density at radius 2 is 1.92 bits per heavy atom.